The first-order valence-corrected chi connectivity index (χ1v) is 6.57. The average molecular weight is 259 g/mol. The quantitative estimate of drug-likeness (QED) is 0.817. The van der Waals surface area contributed by atoms with Crippen LogP contribution in [0.15, 0.2) is 18.2 Å². The van der Waals surface area contributed by atoms with Gasteiger partial charge in [-0.3, -0.25) is 4.79 Å². The summed E-state index contributed by atoms with van der Waals surface area (Å²) in [5.41, 5.74) is 2.65. The summed E-state index contributed by atoms with van der Waals surface area (Å²) in [4.78, 5) is 11.8. The van der Waals surface area contributed by atoms with Crippen LogP contribution in [0.1, 0.15) is 37.8 Å². The number of hydrogen-bond acceptors (Lipinski definition) is 2. The van der Waals surface area contributed by atoms with E-state index in [1.807, 2.05) is 25.1 Å². The van der Waals surface area contributed by atoms with Crippen molar-refractivity contribution in [3.8, 4) is 11.8 Å². The molecule has 0 aromatic heterocycles. The minimum Gasteiger partial charge on any atom is -0.384 e. The molecule has 0 fully saturated rings. The monoisotopic (exact) mass is 259 g/mol. The van der Waals surface area contributed by atoms with E-state index >= 15 is 0 Å². The van der Waals surface area contributed by atoms with E-state index in [1.165, 1.54) is 0 Å². The minimum absolute atomic E-state index is 0.0444. The van der Waals surface area contributed by atoms with Crippen LogP contribution < -0.4 is 5.32 Å². The molecule has 1 aromatic carbocycles. The van der Waals surface area contributed by atoms with Crippen molar-refractivity contribution in [1.29, 1.82) is 0 Å². The van der Waals surface area contributed by atoms with Gasteiger partial charge in [0.25, 0.3) is 0 Å². The predicted octanol–water partition coefficient (Wildman–Crippen LogP) is 2.71. The van der Waals surface area contributed by atoms with E-state index in [1.54, 1.807) is 0 Å². The SMILES string of the molecule is CCC(C)CC(=O)Nc1ccc(C#CCO)c(C)c1. The van der Waals surface area contributed by atoms with Crippen LogP contribution in [0.4, 0.5) is 5.69 Å². The number of rotatable bonds is 4. The van der Waals surface area contributed by atoms with Gasteiger partial charge in [0.05, 0.1) is 0 Å². The van der Waals surface area contributed by atoms with E-state index in [0.717, 1.165) is 23.2 Å². The van der Waals surface area contributed by atoms with Gasteiger partial charge < -0.3 is 10.4 Å². The van der Waals surface area contributed by atoms with Crippen molar-refractivity contribution in [3.05, 3.63) is 29.3 Å². The second-order valence-corrected chi connectivity index (χ2v) is 4.76. The average Bonchev–Trinajstić information content (AvgIpc) is 2.37. The van der Waals surface area contributed by atoms with Gasteiger partial charge in [-0.05, 0) is 36.6 Å². The van der Waals surface area contributed by atoms with E-state index in [2.05, 4.69) is 31.0 Å². The maximum absolute atomic E-state index is 11.8. The topological polar surface area (TPSA) is 49.3 Å². The van der Waals surface area contributed by atoms with Crippen LogP contribution in [0.2, 0.25) is 0 Å². The summed E-state index contributed by atoms with van der Waals surface area (Å²) < 4.78 is 0. The molecule has 0 saturated heterocycles. The van der Waals surface area contributed by atoms with Crippen LogP contribution in [-0.4, -0.2) is 17.6 Å². The van der Waals surface area contributed by atoms with Gasteiger partial charge >= 0.3 is 0 Å². The Balaban J connectivity index is 2.71. The van der Waals surface area contributed by atoms with Gasteiger partial charge in [-0.25, -0.2) is 0 Å². The van der Waals surface area contributed by atoms with Gasteiger partial charge in [0, 0.05) is 17.7 Å². The fraction of sp³-hybridized carbons (Fsp3) is 0.438. The normalized spacial score (nSPS) is 11.4. The molecule has 0 spiro atoms. The van der Waals surface area contributed by atoms with Gasteiger partial charge in [-0.15, -0.1) is 0 Å². The summed E-state index contributed by atoms with van der Waals surface area (Å²) in [5.74, 6) is 5.93. The Hall–Kier alpha value is -1.79. The summed E-state index contributed by atoms with van der Waals surface area (Å²) in [6.45, 7) is 5.94. The standard InChI is InChI=1S/C16H21NO2/c1-4-12(2)10-16(19)17-15-8-7-14(6-5-9-18)13(3)11-15/h7-8,11-12,18H,4,9-10H2,1-3H3,(H,17,19). The molecule has 0 aliphatic carbocycles. The van der Waals surface area contributed by atoms with E-state index in [0.29, 0.717) is 12.3 Å². The van der Waals surface area contributed by atoms with Crippen LogP contribution in [0.5, 0.6) is 0 Å². The molecule has 102 valence electrons. The summed E-state index contributed by atoms with van der Waals surface area (Å²) in [5, 5.41) is 11.6. The van der Waals surface area contributed by atoms with Gasteiger partial charge in [0.15, 0.2) is 0 Å². The van der Waals surface area contributed by atoms with E-state index in [9.17, 15) is 4.79 Å². The predicted molar refractivity (Wildman–Crippen MR) is 77.8 cm³/mol. The van der Waals surface area contributed by atoms with Crippen molar-refractivity contribution >= 4 is 11.6 Å². The molecule has 0 heterocycles. The third kappa shape index (κ3) is 5.15. The number of amides is 1. The van der Waals surface area contributed by atoms with Gasteiger partial charge in [-0.2, -0.15) is 0 Å². The summed E-state index contributed by atoms with van der Waals surface area (Å²) >= 11 is 0. The molecule has 0 radical (unpaired) electrons. The third-order valence-electron chi connectivity index (χ3n) is 3.04. The third-order valence-corrected chi connectivity index (χ3v) is 3.04. The van der Waals surface area contributed by atoms with E-state index < -0.39 is 0 Å². The smallest absolute Gasteiger partial charge is 0.224 e. The molecule has 1 rings (SSSR count). The molecule has 3 nitrogen and oxygen atoms in total. The molecule has 1 atom stereocenters. The Bertz CT molecular complexity index is 497. The zero-order valence-electron chi connectivity index (χ0n) is 11.8. The molecule has 2 N–H and O–H groups in total. The highest BCUT2D eigenvalue weighted by molar-refractivity contribution is 5.91. The molecule has 0 saturated carbocycles. The lowest BCUT2D eigenvalue weighted by molar-refractivity contribution is -0.117. The molecule has 1 aromatic rings. The number of anilines is 1. The molecule has 0 aliphatic heterocycles. The number of aliphatic hydroxyl groups is 1. The summed E-state index contributed by atoms with van der Waals surface area (Å²) in [7, 11) is 0. The van der Waals surface area contributed by atoms with Crippen LogP contribution >= 0.6 is 0 Å². The molecule has 0 bridgehead atoms. The molecule has 0 aliphatic rings. The number of benzene rings is 1. The minimum atomic E-state index is -0.146. The molecule has 3 heteroatoms. The zero-order valence-corrected chi connectivity index (χ0v) is 11.8. The molecular formula is C16H21NO2. The first-order chi connectivity index (χ1) is 9.06. The van der Waals surface area contributed by atoms with Gasteiger partial charge in [0.1, 0.15) is 6.61 Å². The number of nitrogens with one attached hydrogen (secondary N) is 1. The maximum Gasteiger partial charge on any atom is 0.224 e. The Kier molecular flexibility index (Phi) is 6.11. The fourth-order valence-corrected chi connectivity index (χ4v) is 1.69. The van der Waals surface area contributed by atoms with Crippen molar-refractivity contribution in [2.75, 3.05) is 11.9 Å². The lowest BCUT2D eigenvalue weighted by atomic mass is 10.0. The van der Waals surface area contributed by atoms with Crippen molar-refractivity contribution in [3.63, 3.8) is 0 Å². The van der Waals surface area contributed by atoms with Crippen LogP contribution in [0.25, 0.3) is 0 Å². The Morgan fingerprint density at radius 1 is 1.47 bits per heavy atom. The van der Waals surface area contributed by atoms with Crippen LogP contribution in [0.3, 0.4) is 0 Å². The van der Waals surface area contributed by atoms with Gasteiger partial charge in [0.2, 0.25) is 5.91 Å². The fourth-order valence-electron chi connectivity index (χ4n) is 1.69. The van der Waals surface area contributed by atoms with Crippen LogP contribution in [0, 0.1) is 24.7 Å². The second-order valence-electron chi connectivity index (χ2n) is 4.76. The Morgan fingerprint density at radius 2 is 2.21 bits per heavy atom. The highest BCUT2D eigenvalue weighted by Crippen LogP contribution is 2.16. The molecular weight excluding hydrogens is 238 g/mol. The maximum atomic E-state index is 11.8. The van der Waals surface area contributed by atoms with E-state index in [4.69, 9.17) is 5.11 Å². The zero-order chi connectivity index (χ0) is 14.3. The van der Waals surface area contributed by atoms with E-state index in [-0.39, 0.29) is 12.5 Å². The lowest BCUT2D eigenvalue weighted by Crippen LogP contribution is -2.14. The number of carbonyl (C=O) groups is 1. The lowest BCUT2D eigenvalue weighted by Gasteiger charge is -2.10. The highest BCUT2D eigenvalue weighted by Gasteiger charge is 2.08. The first-order valence-electron chi connectivity index (χ1n) is 6.57. The molecule has 19 heavy (non-hydrogen) atoms. The Morgan fingerprint density at radius 3 is 2.79 bits per heavy atom. The number of carbonyl (C=O) groups excluding carboxylic acids is 1. The van der Waals surface area contributed by atoms with Crippen molar-refractivity contribution in [1.82, 2.24) is 0 Å². The largest absolute Gasteiger partial charge is 0.384 e. The number of aliphatic hydroxyl groups excluding tert-OH is 1. The van der Waals surface area contributed by atoms with Crippen LogP contribution in [-0.2, 0) is 4.79 Å². The number of aryl methyl sites for hydroxylation is 1. The van der Waals surface area contributed by atoms with Crippen molar-refractivity contribution < 1.29 is 9.90 Å². The summed E-state index contributed by atoms with van der Waals surface area (Å²) in [6, 6.07) is 5.59. The molecule has 1 amide bonds. The number of hydrogen-bond donors (Lipinski definition) is 2. The first kappa shape index (κ1) is 15.3. The van der Waals surface area contributed by atoms with Gasteiger partial charge in [-0.1, -0.05) is 32.1 Å². The van der Waals surface area contributed by atoms with Crippen molar-refractivity contribution in [2.24, 2.45) is 5.92 Å². The van der Waals surface area contributed by atoms with Crippen molar-refractivity contribution in [2.45, 2.75) is 33.6 Å². The summed E-state index contributed by atoms with van der Waals surface area (Å²) in [6.07, 6.45) is 1.55. The Labute approximate surface area is 115 Å². The second kappa shape index (κ2) is 7.60. The molecule has 1 unspecified atom stereocenters. The highest BCUT2D eigenvalue weighted by atomic mass is 16.2.